The van der Waals surface area contributed by atoms with Gasteiger partial charge in [-0.2, -0.15) is 0 Å². The van der Waals surface area contributed by atoms with E-state index in [1.54, 1.807) is 0 Å². The Morgan fingerprint density at radius 2 is 2.17 bits per heavy atom. The number of nitrogens with one attached hydrogen (secondary N) is 1. The van der Waals surface area contributed by atoms with Gasteiger partial charge in [0, 0.05) is 20.3 Å². The Balaban J connectivity index is 2.41. The van der Waals surface area contributed by atoms with E-state index in [4.69, 9.17) is 9.05 Å². The molecule has 1 fully saturated rings. The molecule has 0 aromatic heterocycles. The molecular weight excluding hydrogens is 177 g/mol. The van der Waals surface area contributed by atoms with E-state index in [1.807, 2.05) is 0 Å². The zero-order valence-corrected chi connectivity index (χ0v) is 8.47. The van der Waals surface area contributed by atoms with E-state index in [9.17, 15) is 4.57 Å². The molecule has 1 saturated heterocycles. The van der Waals surface area contributed by atoms with Gasteiger partial charge in [-0.1, -0.05) is 0 Å². The van der Waals surface area contributed by atoms with E-state index in [-0.39, 0.29) is 0 Å². The summed E-state index contributed by atoms with van der Waals surface area (Å²) in [5, 5.41) is 3.25. The molecule has 0 spiro atoms. The Labute approximate surface area is 73.2 Å². The molecule has 1 N–H and O–H groups in total. The zero-order chi connectivity index (χ0) is 9.03. The van der Waals surface area contributed by atoms with Crippen molar-refractivity contribution < 1.29 is 13.6 Å². The second-order valence-electron chi connectivity index (χ2n) is 2.95. The van der Waals surface area contributed by atoms with Crippen molar-refractivity contribution in [1.82, 2.24) is 5.32 Å². The van der Waals surface area contributed by atoms with Crippen molar-refractivity contribution in [1.29, 1.82) is 0 Å². The molecule has 1 rings (SSSR count). The van der Waals surface area contributed by atoms with Crippen LogP contribution >= 0.6 is 7.60 Å². The predicted molar refractivity (Wildman–Crippen MR) is 47.5 cm³/mol. The lowest BCUT2D eigenvalue weighted by Crippen LogP contribution is -2.25. The van der Waals surface area contributed by atoms with Crippen LogP contribution in [0.25, 0.3) is 0 Å². The molecule has 0 bridgehead atoms. The monoisotopic (exact) mass is 193 g/mol. The first-order valence-corrected chi connectivity index (χ1v) is 5.87. The summed E-state index contributed by atoms with van der Waals surface area (Å²) in [7, 11) is 0.0668. The molecule has 12 heavy (non-hydrogen) atoms. The predicted octanol–water partition coefficient (Wildman–Crippen LogP) is 1.22. The molecular formula is C7H16NO3P. The summed E-state index contributed by atoms with van der Waals surface area (Å²) in [5.41, 5.74) is 0. The summed E-state index contributed by atoms with van der Waals surface area (Å²) >= 11 is 0. The van der Waals surface area contributed by atoms with Crippen LogP contribution in [-0.2, 0) is 13.6 Å². The summed E-state index contributed by atoms with van der Waals surface area (Å²) in [6.07, 6.45) is 2.70. The largest absolute Gasteiger partial charge is 0.331 e. The molecule has 1 atom stereocenters. The highest BCUT2D eigenvalue weighted by molar-refractivity contribution is 7.53. The maximum Gasteiger partial charge on any atom is 0.331 e. The van der Waals surface area contributed by atoms with Crippen molar-refractivity contribution >= 4 is 7.60 Å². The van der Waals surface area contributed by atoms with E-state index >= 15 is 0 Å². The average molecular weight is 193 g/mol. The molecule has 1 aliphatic rings. The van der Waals surface area contributed by atoms with Gasteiger partial charge in [0.1, 0.15) is 0 Å². The normalized spacial score (nSPS) is 24.7. The van der Waals surface area contributed by atoms with Gasteiger partial charge < -0.3 is 14.4 Å². The number of hydrogen-bond acceptors (Lipinski definition) is 4. The molecule has 0 aromatic carbocycles. The molecule has 0 radical (unpaired) electrons. The average Bonchev–Trinajstić information content (AvgIpc) is 2.57. The fourth-order valence-electron chi connectivity index (χ4n) is 1.41. The molecule has 0 aromatic rings. The highest BCUT2D eigenvalue weighted by Crippen LogP contribution is 2.47. The molecule has 0 aliphatic carbocycles. The third-order valence-electron chi connectivity index (χ3n) is 2.16. The Hall–Kier alpha value is 0.110. The van der Waals surface area contributed by atoms with Gasteiger partial charge in [-0.3, -0.25) is 4.57 Å². The third-order valence-corrected chi connectivity index (χ3v) is 4.16. The highest BCUT2D eigenvalue weighted by atomic mass is 31.2. The zero-order valence-electron chi connectivity index (χ0n) is 7.58. The fraction of sp³-hybridized carbons (Fsp3) is 1.00. The van der Waals surface area contributed by atoms with Gasteiger partial charge >= 0.3 is 7.60 Å². The van der Waals surface area contributed by atoms with Crippen LogP contribution in [0.2, 0.25) is 0 Å². The third kappa shape index (κ3) is 2.56. The summed E-state index contributed by atoms with van der Waals surface area (Å²) in [6, 6.07) is 0.302. The quantitative estimate of drug-likeness (QED) is 0.682. The topological polar surface area (TPSA) is 47.6 Å². The van der Waals surface area contributed by atoms with E-state index in [1.165, 1.54) is 14.2 Å². The first kappa shape index (κ1) is 10.2. The summed E-state index contributed by atoms with van der Waals surface area (Å²) < 4.78 is 21.3. The van der Waals surface area contributed by atoms with Gasteiger partial charge in [0.15, 0.2) is 0 Å². The second-order valence-corrected chi connectivity index (χ2v) is 5.27. The Morgan fingerprint density at radius 1 is 1.50 bits per heavy atom. The van der Waals surface area contributed by atoms with Gasteiger partial charge in [-0.05, 0) is 19.4 Å². The van der Waals surface area contributed by atoms with Crippen LogP contribution in [0, 0.1) is 0 Å². The number of rotatable bonds is 4. The van der Waals surface area contributed by atoms with Crippen LogP contribution in [0.5, 0.6) is 0 Å². The van der Waals surface area contributed by atoms with Crippen molar-refractivity contribution in [2.24, 2.45) is 0 Å². The minimum Gasteiger partial charge on any atom is -0.313 e. The van der Waals surface area contributed by atoms with E-state index in [2.05, 4.69) is 5.32 Å². The van der Waals surface area contributed by atoms with Crippen LogP contribution in [-0.4, -0.2) is 33.0 Å². The van der Waals surface area contributed by atoms with Crippen molar-refractivity contribution in [2.45, 2.75) is 18.9 Å². The summed E-state index contributed by atoms with van der Waals surface area (Å²) in [4.78, 5) is 0. The molecule has 0 amide bonds. The van der Waals surface area contributed by atoms with E-state index in [0.717, 1.165) is 19.4 Å². The number of hydrogen-bond donors (Lipinski definition) is 1. The highest BCUT2D eigenvalue weighted by Gasteiger charge is 2.28. The van der Waals surface area contributed by atoms with Gasteiger partial charge in [0.25, 0.3) is 0 Å². The SMILES string of the molecule is COP(=O)(CC1CCCN1)OC. The van der Waals surface area contributed by atoms with E-state index < -0.39 is 7.60 Å². The van der Waals surface area contributed by atoms with Gasteiger partial charge in [0.05, 0.1) is 6.16 Å². The molecule has 72 valence electrons. The lowest BCUT2D eigenvalue weighted by Gasteiger charge is -2.17. The second kappa shape index (κ2) is 4.38. The van der Waals surface area contributed by atoms with Gasteiger partial charge in [0.2, 0.25) is 0 Å². The Kier molecular flexibility index (Phi) is 3.72. The molecule has 1 aliphatic heterocycles. The van der Waals surface area contributed by atoms with Gasteiger partial charge in [-0.25, -0.2) is 0 Å². The van der Waals surface area contributed by atoms with Crippen molar-refractivity contribution in [3.63, 3.8) is 0 Å². The van der Waals surface area contributed by atoms with Gasteiger partial charge in [-0.15, -0.1) is 0 Å². The Bertz CT molecular complexity index is 171. The first-order valence-electron chi connectivity index (χ1n) is 4.14. The maximum absolute atomic E-state index is 11.6. The first-order chi connectivity index (χ1) is 5.70. The minimum absolute atomic E-state index is 0.302. The molecule has 1 heterocycles. The lowest BCUT2D eigenvalue weighted by atomic mass is 10.3. The van der Waals surface area contributed by atoms with Crippen LogP contribution in [0.3, 0.4) is 0 Å². The van der Waals surface area contributed by atoms with Crippen LogP contribution in [0.15, 0.2) is 0 Å². The molecule has 5 heteroatoms. The summed E-state index contributed by atoms with van der Waals surface area (Å²) in [6.45, 7) is 1.01. The summed E-state index contributed by atoms with van der Waals surface area (Å²) in [5.74, 6) is 0. The standard InChI is InChI=1S/C7H16NO3P/c1-10-12(9,11-2)6-7-4-3-5-8-7/h7-8H,3-6H2,1-2H3. The van der Waals surface area contributed by atoms with Crippen molar-refractivity contribution in [3.8, 4) is 0 Å². The van der Waals surface area contributed by atoms with Crippen molar-refractivity contribution in [2.75, 3.05) is 26.9 Å². The fourth-order valence-corrected chi connectivity index (χ4v) is 2.70. The maximum atomic E-state index is 11.6. The molecule has 1 unspecified atom stereocenters. The van der Waals surface area contributed by atoms with Crippen LogP contribution < -0.4 is 5.32 Å². The molecule has 0 saturated carbocycles. The smallest absolute Gasteiger partial charge is 0.313 e. The lowest BCUT2D eigenvalue weighted by molar-refractivity contribution is 0.272. The van der Waals surface area contributed by atoms with Crippen molar-refractivity contribution in [3.05, 3.63) is 0 Å². The van der Waals surface area contributed by atoms with Crippen LogP contribution in [0.4, 0.5) is 0 Å². The van der Waals surface area contributed by atoms with E-state index in [0.29, 0.717) is 12.2 Å². The minimum atomic E-state index is -2.79. The molecule has 4 nitrogen and oxygen atoms in total. The van der Waals surface area contributed by atoms with Crippen LogP contribution in [0.1, 0.15) is 12.8 Å². The Morgan fingerprint density at radius 3 is 2.58 bits per heavy atom.